The van der Waals surface area contributed by atoms with Crippen LogP contribution >= 0.6 is 0 Å². The van der Waals surface area contributed by atoms with Gasteiger partial charge in [0.15, 0.2) is 0 Å². The van der Waals surface area contributed by atoms with E-state index in [9.17, 15) is 14.7 Å². The Hall–Kier alpha value is -2.83. The molecule has 0 unspecified atom stereocenters. The highest BCUT2D eigenvalue weighted by molar-refractivity contribution is 6.01. The molecule has 0 fully saturated rings. The van der Waals surface area contributed by atoms with Gasteiger partial charge in [0.05, 0.1) is 23.1 Å². The Labute approximate surface area is 106 Å². The van der Waals surface area contributed by atoms with Crippen molar-refractivity contribution in [3.8, 4) is 0 Å². The highest BCUT2D eigenvalue weighted by Crippen LogP contribution is 2.17. The summed E-state index contributed by atoms with van der Waals surface area (Å²) in [6.45, 7) is 0.152. The zero-order chi connectivity index (χ0) is 13.4. The second kappa shape index (κ2) is 4.13. The zero-order valence-electron chi connectivity index (χ0n) is 9.66. The quantitative estimate of drug-likeness (QED) is 0.732. The van der Waals surface area contributed by atoms with Gasteiger partial charge in [-0.2, -0.15) is 0 Å². The minimum atomic E-state index is -1.08. The molecule has 0 radical (unpaired) electrons. The molecule has 0 saturated heterocycles. The Morgan fingerprint density at radius 3 is 2.95 bits per heavy atom. The van der Waals surface area contributed by atoms with Crippen molar-refractivity contribution in [2.24, 2.45) is 0 Å². The lowest BCUT2D eigenvalue weighted by molar-refractivity contribution is 0.0698. The number of rotatable bonds is 3. The smallest absolute Gasteiger partial charge is 0.337 e. The Morgan fingerprint density at radius 2 is 2.26 bits per heavy atom. The van der Waals surface area contributed by atoms with Gasteiger partial charge in [-0.1, -0.05) is 11.2 Å². The third-order valence-corrected chi connectivity index (χ3v) is 2.83. The fraction of sp³-hybridized carbons (Fsp3) is 0.0833. The second-order valence-corrected chi connectivity index (χ2v) is 4.01. The van der Waals surface area contributed by atoms with Crippen molar-refractivity contribution >= 4 is 17.0 Å². The van der Waals surface area contributed by atoms with Crippen molar-refractivity contribution in [3.05, 3.63) is 52.3 Å². The van der Waals surface area contributed by atoms with E-state index in [1.807, 2.05) is 0 Å². The van der Waals surface area contributed by atoms with Crippen LogP contribution in [-0.4, -0.2) is 25.8 Å². The molecule has 0 aliphatic rings. The fourth-order valence-electron chi connectivity index (χ4n) is 2.02. The SMILES string of the molecule is O=C(O)c1cccc2[nH]c(=O)n(Cc3ccon3)c12. The third kappa shape index (κ3) is 1.81. The van der Waals surface area contributed by atoms with E-state index in [-0.39, 0.29) is 17.8 Å². The number of carboxylic acids is 1. The number of carbonyl (C=O) groups is 1. The molecule has 7 nitrogen and oxygen atoms in total. The van der Waals surface area contributed by atoms with Gasteiger partial charge in [0.25, 0.3) is 0 Å². The molecule has 3 aromatic rings. The van der Waals surface area contributed by atoms with Crippen molar-refractivity contribution in [2.45, 2.75) is 6.54 Å². The first kappa shape index (κ1) is 11.3. The minimum absolute atomic E-state index is 0.0688. The molecular weight excluding hydrogens is 250 g/mol. The predicted molar refractivity (Wildman–Crippen MR) is 65.1 cm³/mol. The number of hydrogen-bond acceptors (Lipinski definition) is 4. The summed E-state index contributed by atoms with van der Waals surface area (Å²) in [7, 11) is 0. The average molecular weight is 259 g/mol. The molecule has 7 heteroatoms. The number of aromatic amines is 1. The molecule has 0 amide bonds. The van der Waals surface area contributed by atoms with Gasteiger partial charge in [-0.15, -0.1) is 0 Å². The van der Waals surface area contributed by atoms with Gasteiger partial charge < -0.3 is 14.6 Å². The van der Waals surface area contributed by atoms with E-state index in [4.69, 9.17) is 4.52 Å². The Morgan fingerprint density at radius 1 is 1.42 bits per heavy atom. The maximum Gasteiger partial charge on any atom is 0.337 e. The zero-order valence-corrected chi connectivity index (χ0v) is 9.66. The summed E-state index contributed by atoms with van der Waals surface area (Å²) < 4.78 is 6.03. The first-order chi connectivity index (χ1) is 9.16. The van der Waals surface area contributed by atoms with E-state index in [1.54, 1.807) is 18.2 Å². The van der Waals surface area contributed by atoms with Crippen molar-refractivity contribution in [3.63, 3.8) is 0 Å². The molecule has 1 aromatic carbocycles. The number of fused-ring (bicyclic) bond motifs is 1. The Bertz CT molecular complexity index is 798. The molecule has 0 atom stereocenters. The average Bonchev–Trinajstić information content (AvgIpc) is 2.98. The van der Waals surface area contributed by atoms with Crippen LogP contribution in [0.15, 0.2) is 39.8 Å². The van der Waals surface area contributed by atoms with Crippen LogP contribution in [-0.2, 0) is 6.54 Å². The van der Waals surface area contributed by atoms with Crippen LogP contribution in [0.3, 0.4) is 0 Å². The lowest BCUT2D eigenvalue weighted by Crippen LogP contribution is -2.18. The number of nitrogens with one attached hydrogen (secondary N) is 1. The number of imidazole rings is 1. The highest BCUT2D eigenvalue weighted by Gasteiger charge is 2.16. The van der Waals surface area contributed by atoms with Gasteiger partial charge in [-0.05, 0) is 12.1 Å². The van der Waals surface area contributed by atoms with Gasteiger partial charge in [-0.3, -0.25) is 4.57 Å². The normalized spacial score (nSPS) is 10.9. The van der Waals surface area contributed by atoms with Crippen LogP contribution in [0.5, 0.6) is 0 Å². The number of aromatic carboxylic acids is 1. The number of H-pyrrole nitrogens is 1. The summed E-state index contributed by atoms with van der Waals surface area (Å²) in [5, 5.41) is 12.9. The third-order valence-electron chi connectivity index (χ3n) is 2.83. The predicted octanol–water partition coefficient (Wildman–Crippen LogP) is 1.06. The summed E-state index contributed by atoms with van der Waals surface area (Å²) >= 11 is 0. The number of aromatic nitrogens is 3. The van der Waals surface area contributed by atoms with Crippen molar-refractivity contribution in [1.82, 2.24) is 14.7 Å². The highest BCUT2D eigenvalue weighted by atomic mass is 16.5. The summed E-state index contributed by atoms with van der Waals surface area (Å²) in [5.74, 6) is -1.08. The Kier molecular flexibility index (Phi) is 2.45. The molecule has 2 heterocycles. The molecule has 0 saturated carbocycles. The molecular formula is C12H9N3O4. The summed E-state index contributed by atoms with van der Waals surface area (Å²) in [6.07, 6.45) is 1.40. The van der Waals surface area contributed by atoms with Crippen molar-refractivity contribution in [1.29, 1.82) is 0 Å². The maximum atomic E-state index is 11.9. The van der Waals surface area contributed by atoms with E-state index in [1.165, 1.54) is 16.9 Å². The second-order valence-electron chi connectivity index (χ2n) is 4.01. The van der Waals surface area contributed by atoms with Crippen LogP contribution in [0.1, 0.15) is 16.1 Å². The van der Waals surface area contributed by atoms with Crippen LogP contribution in [0.4, 0.5) is 0 Å². The molecule has 96 valence electrons. The number of nitrogens with zero attached hydrogens (tertiary/aromatic N) is 2. The monoisotopic (exact) mass is 259 g/mol. The van der Waals surface area contributed by atoms with E-state index in [2.05, 4.69) is 10.1 Å². The van der Waals surface area contributed by atoms with Crippen LogP contribution in [0.25, 0.3) is 11.0 Å². The topological polar surface area (TPSA) is 101 Å². The minimum Gasteiger partial charge on any atom is -0.478 e. The first-order valence-corrected chi connectivity index (χ1v) is 5.51. The van der Waals surface area contributed by atoms with Gasteiger partial charge in [0.1, 0.15) is 12.0 Å². The Balaban J connectivity index is 2.25. The molecule has 3 rings (SSSR count). The summed E-state index contributed by atoms with van der Waals surface area (Å²) in [6, 6.07) is 6.32. The van der Waals surface area contributed by atoms with Crippen molar-refractivity contribution < 1.29 is 14.4 Å². The summed E-state index contributed by atoms with van der Waals surface area (Å²) in [5.41, 5.74) is 1.06. The van der Waals surface area contributed by atoms with Crippen LogP contribution in [0, 0.1) is 0 Å². The maximum absolute atomic E-state index is 11.9. The van der Waals surface area contributed by atoms with E-state index >= 15 is 0 Å². The number of para-hydroxylation sites is 1. The lowest BCUT2D eigenvalue weighted by atomic mass is 10.2. The molecule has 0 aliphatic carbocycles. The molecule has 0 bridgehead atoms. The van der Waals surface area contributed by atoms with Crippen LogP contribution in [0.2, 0.25) is 0 Å². The number of hydrogen-bond donors (Lipinski definition) is 2. The van der Waals surface area contributed by atoms with Gasteiger partial charge in [0, 0.05) is 6.07 Å². The fourth-order valence-corrected chi connectivity index (χ4v) is 2.02. The largest absolute Gasteiger partial charge is 0.478 e. The van der Waals surface area contributed by atoms with Crippen LogP contribution < -0.4 is 5.69 Å². The summed E-state index contributed by atoms with van der Waals surface area (Å²) in [4.78, 5) is 25.7. The van der Waals surface area contributed by atoms with E-state index in [0.29, 0.717) is 16.7 Å². The van der Waals surface area contributed by atoms with Gasteiger partial charge in [0.2, 0.25) is 0 Å². The van der Waals surface area contributed by atoms with E-state index in [0.717, 1.165) is 0 Å². The van der Waals surface area contributed by atoms with E-state index < -0.39 is 5.97 Å². The standard InChI is InChI=1S/C12H9N3O4/c16-11(17)8-2-1-3-9-10(8)15(12(18)13-9)6-7-4-5-19-14-7/h1-5H,6H2,(H,13,18)(H,16,17). The van der Waals surface area contributed by atoms with Gasteiger partial charge in [-0.25, -0.2) is 9.59 Å². The van der Waals surface area contributed by atoms with Crippen molar-refractivity contribution in [2.75, 3.05) is 0 Å². The first-order valence-electron chi connectivity index (χ1n) is 5.51. The number of benzene rings is 1. The molecule has 2 N–H and O–H groups in total. The molecule has 2 aromatic heterocycles. The number of carboxylic acid groups (broad SMARTS) is 1. The van der Waals surface area contributed by atoms with Gasteiger partial charge >= 0.3 is 11.7 Å². The lowest BCUT2D eigenvalue weighted by Gasteiger charge is -2.03. The molecule has 0 aliphatic heterocycles. The molecule has 19 heavy (non-hydrogen) atoms. The molecule has 0 spiro atoms.